The maximum absolute atomic E-state index is 12.3. The van der Waals surface area contributed by atoms with Crippen LogP contribution in [0.4, 0.5) is 0 Å². The molecule has 112 valence electrons. The molecule has 21 heavy (non-hydrogen) atoms. The summed E-state index contributed by atoms with van der Waals surface area (Å²) in [4.78, 5) is 25.2. The predicted octanol–water partition coefficient (Wildman–Crippen LogP) is 0.764. The number of carbonyl (C=O) groups excluding carboxylic acids is 2. The van der Waals surface area contributed by atoms with Crippen molar-refractivity contribution in [2.24, 2.45) is 5.73 Å². The Labute approximate surface area is 124 Å². The summed E-state index contributed by atoms with van der Waals surface area (Å²) in [5, 5.41) is 3.00. The van der Waals surface area contributed by atoms with Crippen LogP contribution in [0.1, 0.15) is 18.9 Å². The van der Waals surface area contributed by atoms with Crippen molar-refractivity contribution >= 4 is 17.4 Å². The van der Waals surface area contributed by atoms with Crippen LogP contribution < -0.4 is 11.1 Å². The molecule has 0 bridgehead atoms. The predicted molar refractivity (Wildman–Crippen MR) is 82.3 cm³/mol. The second-order valence-electron chi connectivity index (χ2n) is 5.34. The van der Waals surface area contributed by atoms with Gasteiger partial charge < -0.3 is 10.6 Å². The van der Waals surface area contributed by atoms with Crippen molar-refractivity contribution in [3.63, 3.8) is 0 Å². The second kappa shape index (κ2) is 6.54. The van der Waals surface area contributed by atoms with E-state index in [1.807, 2.05) is 36.4 Å². The molecule has 1 aliphatic rings. The van der Waals surface area contributed by atoms with Crippen LogP contribution in [0.2, 0.25) is 0 Å². The number of benzene rings is 1. The van der Waals surface area contributed by atoms with Gasteiger partial charge in [-0.1, -0.05) is 36.4 Å². The summed E-state index contributed by atoms with van der Waals surface area (Å²) < 4.78 is 0. The zero-order valence-electron chi connectivity index (χ0n) is 12.4. The maximum Gasteiger partial charge on any atom is 0.243 e. The van der Waals surface area contributed by atoms with Crippen molar-refractivity contribution in [1.82, 2.24) is 10.2 Å². The Balaban J connectivity index is 2.29. The quantitative estimate of drug-likeness (QED) is 0.858. The highest BCUT2D eigenvalue weighted by atomic mass is 16.2. The Morgan fingerprint density at radius 3 is 2.67 bits per heavy atom. The molecule has 2 amide bonds. The SMILES string of the molecule is C[C@H](N[C@H]1C=C(c2ccccc2)CCN(C)C1=O)C(N)=O. The Morgan fingerprint density at radius 1 is 1.38 bits per heavy atom. The van der Waals surface area contributed by atoms with Crippen molar-refractivity contribution in [3.05, 3.63) is 42.0 Å². The third-order valence-corrected chi connectivity index (χ3v) is 3.73. The second-order valence-corrected chi connectivity index (χ2v) is 5.34. The van der Waals surface area contributed by atoms with Crippen LogP contribution in [0.5, 0.6) is 0 Å². The van der Waals surface area contributed by atoms with Gasteiger partial charge in [0.25, 0.3) is 0 Å². The van der Waals surface area contributed by atoms with Gasteiger partial charge in [-0.2, -0.15) is 0 Å². The van der Waals surface area contributed by atoms with Gasteiger partial charge in [0.1, 0.15) is 6.04 Å². The smallest absolute Gasteiger partial charge is 0.243 e. The topological polar surface area (TPSA) is 75.4 Å². The van der Waals surface area contributed by atoms with Gasteiger partial charge >= 0.3 is 0 Å². The van der Waals surface area contributed by atoms with Crippen LogP contribution in [0.3, 0.4) is 0 Å². The highest BCUT2D eigenvalue weighted by Crippen LogP contribution is 2.22. The van der Waals surface area contributed by atoms with Gasteiger partial charge in [-0.05, 0) is 24.5 Å². The van der Waals surface area contributed by atoms with Gasteiger partial charge in [0, 0.05) is 13.6 Å². The average Bonchev–Trinajstić information content (AvgIpc) is 2.62. The number of likely N-dealkylation sites (N-methyl/N-ethyl adjacent to an activating group) is 1. The fraction of sp³-hybridized carbons (Fsp3) is 0.375. The van der Waals surface area contributed by atoms with Gasteiger partial charge in [0.05, 0.1) is 6.04 Å². The van der Waals surface area contributed by atoms with E-state index < -0.39 is 18.0 Å². The molecule has 1 aliphatic heterocycles. The van der Waals surface area contributed by atoms with E-state index in [0.717, 1.165) is 17.6 Å². The van der Waals surface area contributed by atoms with Gasteiger partial charge in [0.2, 0.25) is 11.8 Å². The van der Waals surface area contributed by atoms with Crippen LogP contribution in [0.15, 0.2) is 36.4 Å². The molecule has 5 heteroatoms. The van der Waals surface area contributed by atoms with E-state index in [2.05, 4.69) is 5.32 Å². The summed E-state index contributed by atoms with van der Waals surface area (Å²) in [5.74, 6) is -0.515. The van der Waals surface area contributed by atoms with E-state index >= 15 is 0 Å². The van der Waals surface area contributed by atoms with Crippen LogP contribution in [0, 0.1) is 0 Å². The van der Waals surface area contributed by atoms with Crippen LogP contribution in [-0.4, -0.2) is 42.4 Å². The molecular formula is C16H21N3O2. The lowest BCUT2D eigenvalue weighted by molar-refractivity contribution is -0.131. The van der Waals surface area contributed by atoms with Gasteiger partial charge in [-0.3, -0.25) is 14.9 Å². The van der Waals surface area contributed by atoms with Crippen LogP contribution in [0.25, 0.3) is 5.57 Å². The lowest BCUT2D eigenvalue weighted by Gasteiger charge is -2.21. The molecule has 2 atom stereocenters. The normalized spacial score (nSPS) is 20.7. The molecular weight excluding hydrogens is 266 g/mol. The first-order valence-corrected chi connectivity index (χ1v) is 7.05. The lowest BCUT2D eigenvalue weighted by Crippen LogP contribution is -2.50. The molecule has 2 rings (SSSR count). The van der Waals surface area contributed by atoms with Crippen molar-refractivity contribution < 1.29 is 9.59 Å². The van der Waals surface area contributed by atoms with Crippen LogP contribution >= 0.6 is 0 Å². The van der Waals surface area contributed by atoms with E-state index in [4.69, 9.17) is 5.73 Å². The molecule has 0 saturated carbocycles. The molecule has 0 fully saturated rings. The number of nitrogens with one attached hydrogen (secondary N) is 1. The summed E-state index contributed by atoms with van der Waals surface area (Å²) in [7, 11) is 1.77. The standard InChI is InChI=1S/C16H21N3O2/c1-11(15(17)20)18-14-10-13(8-9-19(2)16(14)21)12-6-4-3-5-7-12/h3-7,10-11,14,18H,8-9H2,1-2H3,(H2,17,20)/t11-,14-/m0/s1. The van der Waals surface area contributed by atoms with E-state index in [-0.39, 0.29) is 5.91 Å². The van der Waals surface area contributed by atoms with Crippen molar-refractivity contribution in [2.75, 3.05) is 13.6 Å². The fourth-order valence-corrected chi connectivity index (χ4v) is 2.36. The Hall–Kier alpha value is -2.14. The molecule has 1 heterocycles. The molecule has 1 aromatic carbocycles. The Bertz CT molecular complexity index is 554. The third-order valence-electron chi connectivity index (χ3n) is 3.73. The minimum atomic E-state index is -0.557. The Morgan fingerprint density at radius 2 is 2.05 bits per heavy atom. The average molecular weight is 287 g/mol. The van der Waals surface area contributed by atoms with E-state index in [0.29, 0.717) is 6.54 Å². The molecule has 0 aliphatic carbocycles. The lowest BCUT2D eigenvalue weighted by atomic mass is 10.0. The summed E-state index contributed by atoms with van der Waals surface area (Å²) in [6.45, 7) is 2.32. The maximum atomic E-state index is 12.3. The number of hydrogen-bond acceptors (Lipinski definition) is 3. The highest BCUT2D eigenvalue weighted by molar-refractivity contribution is 5.89. The molecule has 5 nitrogen and oxygen atoms in total. The van der Waals surface area contributed by atoms with E-state index in [1.54, 1.807) is 18.9 Å². The van der Waals surface area contributed by atoms with Crippen molar-refractivity contribution in [2.45, 2.75) is 25.4 Å². The summed E-state index contributed by atoms with van der Waals surface area (Å²) in [6.07, 6.45) is 2.69. The molecule has 3 N–H and O–H groups in total. The van der Waals surface area contributed by atoms with Gasteiger partial charge in [0.15, 0.2) is 0 Å². The molecule has 0 spiro atoms. The fourth-order valence-electron chi connectivity index (χ4n) is 2.36. The number of primary amides is 1. The zero-order valence-corrected chi connectivity index (χ0v) is 12.4. The highest BCUT2D eigenvalue weighted by Gasteiger charge is 2.26. The van der Waals surface area contributed by atoms with E-state index in [1.165, 1.54) is 0 Å². The minimum Gasteiger partial charge on any atom is -0.368 e. The zero-order chi connectivity index (χ0) is 15.4. The molecule has 0 saturated heterocycles. The summed E-state index contributed by atoms with van der Waals surface area (Å²) in [6, 6.07) is 8.87. The Kier molecular flexibility index (Phi) is 4.75. The van der Waals surface area contributed by atoms with Crippen LogP contribution in [-0.2, 0) is 9.59 Å². The van der Waals surface area contributed by atoms with Crippen molar-refractivity contribution in [1.29, 1.82) is 0 Å². The van der Waals surface area contributed by atoms with E-state index in [9.17, 15) is 9.59 Å². The largest absolute Gasteiger partial charge is 0.368 e. The molecule has 0 radical (unpaired) electrons. The number of hydrogen-bond donors (Lipinski definition) is 2. The number of amides is 2. The van der Waals surface area contributed by atoms with Gasteiger partial charge in [-0.25, -0.2) is 0 Å². The monoisotopic (exact) mass is 287 g/mol. The third kappa shape index (κ3) is 3.70. The van der Waals surface area contributed by atoms with Crippen molar-refractivity contribution in [3.8, 4) is 0 Å². The first kappa shape index (κ1) is 15.3. The first-order chi connectivity index (χ1) is 9.99. The summed E-state index contributed by atoms with van der Waals surface area (Å²) in [5.41, 5.74) is 7.47. The number of nitrogens with zero attached hydrogens (tertiary/aromatic N) is 1. The summed E-state index contributed by atoms with van der Waals surface area (Å²) >= 11 is 0. The number of rotatable bonds is 4. The minimum absolute atomic E-state index is 0.0472. The first-order valence-electron chi connectivity index (χ1n) is 7.05. The number of nitrogens with two attached hydrogens (primary N) is 1. The van der Waals surface area contributed by atoms with Gasteiger partial charge in [-0.15, -0.1) is 0 Å². The molecule has 0 unspecified atom stereocenters. The number of carbonyl (C=O) groups is 2. The molecule has 1 aromatic rings. The molecule has 0 aromatic heterocycles.